The summed E-state index contributed by atoms with van der Waals surface area (Å²) in [5.74, 6) is 0. The standard InChI is InChI=1S/C20H37N3O/c1-2-3-4-5-11-21-12-7-13-22-14-8-15-23-17-19-9-6-10-20(16-19)18-24/h6,9-10,16,21-24H,2-5,7-8,11-15,17-18H2,1H3. The van der Waals surface area contributed by atoms with Crippen LogP contribution < -0.4 is 16.0 Å². The minimum absolute atomic E-state index is 0.116. The van der Waals surface area contributed by atoms with Crippen molar-refractivity contribution in [3.8, 4) is 0 Å². The maximum Gasteiger partial charge on any atom is 0.0681 e. The first-order valence-electron chi connectivity index (χ1n) is 9.67. The molecule has 0 heterocycles. The summed E-state index contributed by atoms with van der Waals surface area (Å²) in [6.45, 7) is 8.72. The van der Waals surface area contributed by atoms with Gasteiger partial charge in [0.2, 0.25) is 0 Å². The monoisotopic (exact) mass is 335 g/mol. The molecule has 1 aromatic rings. The molecule has 0 aliphatic heterocycles. The van der Waals surface area contributed by atoms with E-state index in [1.807, 2.05) is 12.1 Å². The van der Waals surface area contributed by atoms with E-state index in [4.69, 9.17) is 5.11 Å². The molecule has 24 heavy (non-hydrogen) atoms. The van der Waals surface area contributed by atoms with E-state index in [-0.39, 0.29) is 6.61 Å². The number of nitrogens with one attached hydrogen (secondary N) is 3. The second-order valence-electron chi connectivity index (χ2n) is 6.42. The van der Waals surface area contributed by atoms with Crippen molar-refractivity contribution in [1.82, 2.24) is 16.0 Å². The van der Waals surface area contributed by atoms with Crippen molar-refractivity contribution in [2.75, 3.05) is 32.7 Å². The maximum atomic E-state index is 9.12. The lowest BCUT2D eigenvalue weighted by molar-refractivity contribution is 0.281. The number of aliphatic hydroxyl groups is 1. The number of hydrogen-bond donors (Lipinski definition) is 4. The Kier molecular flexibility index (Phi) is 13.7. The second kappa shape index (κ2) is 15.6. The molecule has 0 aromatic heterocycles. The van der Waals surface area contributed by atoms with Gasteiger partial charge < -0.3 is 21.1 Å². The molecule has 0 fully saturated rings. The Labute approximate surface area is 148 Å². The minimum Gasteiger partial charge on any atom is -0.392 e. The summed E-state index contributed by atoms with van der Waals surface area (Å²) in [5.41, 5.74) is 2.22. The zero-order valence-electron chi connectivity index (χ0n) is 15.4. The summed E-state index contributed by atoms with van der Waals surface area (Å²) >= 11 is 0. The van der Waals surface area contributed by atoms with Gasteiger partial charge in [-0.1, -0.05) is 50.5 Å². The Balaban J connectivity index is 1.82. The molecule has 138 valence electrons. The molecule has 0 aliphatic carbocycles. The van der Waals surface area contributed by atoms with E-state index >= 15 is 0 Å². The van der Waals surface area contributed by atoms with Crippen molar-refractivity contribution < 1.29 is 5.11 Å². The van der Waals surface area contributed by atoms with Gasteiger partial charge >= 0.3 is 0 Å². The van der Waals surface area contributed by atoms with Gasteiger partial charge in [-0.25, -0.2) is 0 Å². The Morgan fingerprint density at radius 2 is 1.38 bits per heavy atom. The summed E-state index contributed by atoms with van der Waals surface area (Å²) in [4.78, 5) is 0. The van der Waals surface area contributed by atoms with Crippen LogP contribution in [0.5, 0.6) is 0 Å². The van der Waals surface area contributed by atoms with Crippen LogP contribution in [-0.2, 0) is 13.2 Å². The molecule has 4 N–H and O–H groups in total. The van der Waals surface area contributed by atoms with E-state index in [2.05, 4.69) is 35.0 Å². The molecular weight excluding hydrogens is 298 g/mol. The maximum absolute atomic E-state index is 9.12. The van der Waals surface area contributed by atoms with Crippen molar-refractivity contribution in [2.45, 2.75) is 58.6 Å². The first-order valence-corrected chi connectivity index (χ1v) is 9.67. The highest BCUT2D eigenvalue weighted by atomic mass is 16.3. The highest BCUT2D eigenvalue weighted by Gasteiger charge is 1.95. The SMILES string of the molecule is CCCCCCNCCCNCCCNCc1cccc(CO)c1. The van der Waals surface area contributed by atoms with Crippen molar-refractivity contribution in [2.24, 2.45) is 0 Å². The van der Waals surface area contributed by atoms with Crippen LogP contribution in [0.15, 0.2) is 24.3 Å². The molecule has 1 rings (SSSR count). The topological polar surface area (TPSA) is 56.3 Å². The summed E-state index contributed by atoms with van der Waals surface area (Å²) < 4.78 is 0. The van der Waals surface area contributed by atoms with Crippen molar-refractivity contribution in [3.05, 3.63) is 35.4 Å². The zero-order valence-corrected chi connectivity index (χ0v) is 15.4. The average Bonchev–Trinajstić information content (AvgIpc) is 2.62. The van der Waals surface area contributed by atoms with Crippen LogP contribution >= 0.6 is 0 Å². The fourth-order valence-electron chi connectivity index (χ4n) is 2.67. The molecule has 0 aliphatic rings. The molecule has 1 aromatic carbocycles. The van der Waals surface area contributed by atoms with Crippen molar-refractivity contribution in [3.63, 3.8) is 0 Å². The lowest BCUT2D eigenvalue weighted by Crippen LogP contribution is -2.25. The third-order valence-electron chi connectivity index (χ3n) is 4.12. The first-order chi connectivity index (χ1) is 11.9. The minimum atomic E-state index is 0.116. The van der Waals surface area contributed by atoms with Crippen molar-refractivity contribution >= 4 is 0 Å². The van der Waals surface area contributed by atoms with Gasteiger partial charge in [-0.15, -0.1) is 0 Å². The number of benzene rings is 1. The van der Waals surface area contributed by atoms with Gasteiger partial charge in [0, 0.05) is 6.54 Å². The Bertz CT molecular complexity index is 398. The Hall–Kier alpha value is -0.940. The van der Waals surface area contributed by atoms with Crippen LogP contribution in [0.1, 0.15) is 56.6 Å². The highest BCUT2D eigenvalue weighted by molar-refractivity contribution is 5.22. The van der Waals surface area contributed by atoms with Gasteiger partial charge in [-0.3, -0.25) is 0 Å². The largest absolute Gasteiger partial charge is 0.392 e. The van der Waals surface area contributed by atoms with E-state index in [1.54, 1.807) is 0 Å². The van der Waals surface area contributed by atoms with Gasteiger partial charge in [0.15, 0.2) is 0 Å². The van der Waals surface area contributed by atoms with Gasteiger partial charge in [-0.05, 0) is 63.1 Å². The van der Waals surface area contributed by atoms with E-state index < -0.39 is 0 Å². The second-order valence-corrected chi connectivity index (χ2v) is 6.42. The van der Waals surface area contributed by atoms with Crippen LogP contribution in [0.4, 0.5) is 0 Å². The van der Waals surface area contributed by atoms with Crippen molar-refractivity contribution in [1.29, 1.82) is 0 Å². The van der Waals surface area contributed by atoms with Crippen LogP contribution in [0, 0.1) is 0 Å². The molecule has 0 saturated carbocycles. The smallest absolute Gasteiger partial charge is 0.0681 e. The fourth-order valence-corrected chi connectivity index (χ4v) is 2.67. The predicted octanol–water partition coefficient (Wildman–Crippen LogP) is 2.81. The molecule has 4 heteroatoms. The fraction of sp³-hybridized carbons (Fsp3) is 0.700. The molecule has 0 radical (unpaired) electrons. The molecule has 0 spiro atoms. The van der Waals surface area contributed by atoms with E-state index in [0.717, 1.165) is 44.7 Å². The van der Waals surface area contributed by atoms with Crippen LogP contribution in [0.3, 0.4) is 0 Å². The predicted molar refractivity (Wildman–Crippen MR) is 103 cm³/mol. The van der Waals surface area contributed by atoms with Gasteiger partial charge in [0.05, 0.1) is 6.61 Å². The molecule has 0 saturated heterocycles. The quantitative estimate of drug-likeness (QED) is 0.351. The molecule has 0 unspecified atom stereocenters. The lowest BCUT2D eigenvalue weighted by Gasteiger charge is -2.08. The molecule has 0 amide bonds. The van der Waals surface area contributed by atoms with E-state index in [9.17, 15) is 0 Å². The zero-order chi connectivity index (χ0) is 17.3. The molecule has 0 atom stereocenters. The summed E-state index contributed by atoms with van der Waals surface area (Å²) in [5, 5.41) is 19.6. The van der Waals surface area contributed by atoms with Gasteiger partial charge in [0.25, 0.3) is 0 Å². The van der Waals surface area contributed by atoms with E-state index in [1.165, 1.54) is 44.2 Å². The average molecular weight is 336 g/mol. The van der Waals surface area contributed by atoms with Crippen LogP contribution in [-0.4, -0.2) is 37.8 Å². The van der Waals surface area contributed by atoms with Crippen LogP contribution in [0.2, 0.25) is 0 Å². The molecule has 0 bridgehead atoms. The Morgan fingerprint density at radius 1 is 0.750 bits per heavy atom. The van der Waals surface area contributed by atoms with E-state index in [0.29, 0.717) is 0 Å². The van der Waals surface area contributed by atoms with Gasteiger partial charge in [-0.2, -0.15) is 0 Å². The third-order valence-corrected chi connectivity index (χ3v) is 4.12. The summed E-state index contributed by atoms with van der Waals surface area (Å²) in [7, 11) is 0. The van der Waals surface area contributed by atoms with Gasteiger partial charge in [0.1, 0.15) is 0 Å². The summed E-state index contributed by atoms with van der Waals surface area (Å²) in [6, 6.07) is 8.11. The third kappa shape index (κ3) is 11.6. The number of unbranched alkanes of at least 4 members (excludes halogenated alkanes) is 3. The first kappa shape index (κ1) is 21.1. The number of aliphatic hydroxyl groups excluding tert-OH is 1. The highest BCUT2D eigenvalue weighted by Crippen LogP contribution is 2.04. The Morgan fingerprint density at radius 3 is 2.04 bits per heavy atom. The normalized spacial score (nSPS) is 11.1. The van der Waals surface area contributed by atoms with Crippen LogP contribution in [0.25, 0.3) is 0 Å². The summed E-state index contributed by atoms with van der Waals surface area (Å²) in [6.07, 6.45) is 7.70. The molecule has 4 nitrogen and oxygen atoms in total. The number of hydrogen-bond acceptors (Lipinski definition) is 4. The lowest BCUT2D eigenvalue weighted by atomic mass is 10.1. The molecular formula is C20H37N3O. The number of rotatable bonds is 16.